The first-order chi connectivity index (χ1) is 15.1. The third-order valence-electron chi connectivity index (χ3n) is 4.25. The highest BCUT2D eigenvalue weighted by Crippen LogP contribution is 2.34. The summed E-state index contributed by atoms with van der Waals surface area (Å²) in [6, 6.07) is 5.42. The van der Waals surface area contributed by atoms with Crippen LogP contribution in [-0.4, -0.2) is 40.5 Å². The van der Waals surface area contributed by atoms with E-state index in [0.717, 1.165) is 0 Å². The molecule has 1 atom stereocenters. The van der Waals surface area contributed by atoms with Gasteiger partial charge in [-0.1, -0.05) is 18.2 Å². The summed E-state index contributed by atoms with van der Waals surface area (Å²) in [5, 5.41) is 14.4. The predicted octanol–water partition coefficient (Wildman–Crippen LogP) is 4.35. The normalized spacial score (nSPS) is 18.6. The van der Waals surface area contributed by atoms with Crippen molar-refractivity contribution in [2.24, 2.45) is 0 Å². The Labute approximate surface area is 191 Å². The van der Waals surface area contributed by atoms with Crippen molar-refractivity contribution in [3.63, 3.8) is 0 Å². The third-order valence-corrected chi connectivity index (χ3v) is 4.25. The van der Waals surface area contributed by atoms with Crippen LogP contribution >= 0.6 is 0 Å². The second-order valence-corrected chi connectivity index (χ2v) is 9.49. The lowest BCUT2D eigenvalue weighted by molar-refractivity contribution is -0.447. The number of nitrogens with zero attached hydrogens (tertiary/aromatic N) is 1. The number of carbonyl (C=O) groups excluding carboxylic acids is 2. The number of benzene rings is 1. The van der Waals surface area contributed by atoms with E-state index >= 15 is 0 Å². The standard InChI is InChI=1S/C23H29FN2O7/c1-21(2,3)32-19(27)14-31-23(25-20(28)33-22(4,5)6)12-11-16(13-18(23)26(29)30)15-7-9-17(24)10-8-15/h7-11,13H,12,14H2,1-6H3,(H,25,28). The zero-order valence-corrected chi connectivity index (χ0v) is 19.6. The zero-order chi connectivity index (χ0) is 25.0. The third kappa shape index (κ3) is 7.67. The number of amides is 1. The number of halogens is 1. The number of alkyl carbamates (subject to hydrolysis) is 1. The molecule has 0 saturated heterocycles. The van der Waals surface area contributed by atoms with Crippen LogP contribution in [0.2, 0.25) is 0 Å². The molecule has 33 heavy (non-hydrogen) atoms. The molecule has 0 heterocycles. The quantitative estimate of drug-likeness (QED) is 0.288. The first-order valence-electron chi connectivity index (χ1n) is 10.3. The number of esters is 1. The number of allylic oxidation sites excluding steroid dienone is 2. The van der Waals surface area contributed by atoms with Crippen LogP contribution < -0.4 is 5.32 Å². The molecule has 9 nitrogen and oxygen atoms in total. The van der Waals surface area contributed by atoms with Gasteiger partial charge < -0.3 is 14.2 Å². The number of carbonyl (C=O) groups is 2. The van der Waals surface area contributed by atoms with E-state index in [0.29, 0.717) is 11.1 Å². The Balaban J connectivity index is 2.40. The molecule has 180 valence electrons. The number of hydrogen-bond acceptors (Lipinski definition) is 7. The molecular formula is C23H29FN2O7. The van der Waals surface area contributed by atoms with E-state index in [1.165, 1.54) is 30.3 Å². The highest BCUT2D eigenvalue weighted by molar-refractivity contribution is 5.77. The van der Waals surface area contributed by atoms with Gasteiger partial charge in [-0.25, -0.2) is 14.0 Å². The van der Waals surface area contributed by atoms with Crippen LogP contribution in [0, 0.1) is 15.9 Å². The average molecular weight is 464 g/mol. The number of hydrogen-bond donors (Lipinski definition) is 1. The number of nitrogens with one attached hydrogen (secondary N) is 1. The van der Waals surface area contributed by atoms with E-state index in [2.05, 4.69) is 5.32 Å². The molecule has 2 rings (SSSR count). The van der Waals surface area contributed by atoms with Crippen LogP contribution in [0.15, 0.2) is 42.1 Å². The summed E-state index contributed by atoms with van der Waals surface area (Å²) in [5.74, 6) is -1.21. The van der Waals surface area contributed by atoms with Gasteiger partial charge in [-0.2, -0.15) is 0 Å². The molecule has 0 aliphatic heterocycles. The van der Waals surface area contributed by atoms with Gasteiger partial charge in [0.1, 0.15) is 23.6 Å². The van der Waals surface area contributed by atoms with Gasteiger partial charge in [0.25, 0.3) is 5.70 Å². The van der Waals surface area contributed by atoms with Crippen LogP contribution in [0.1, 0.15) is 53.5 Å². The van der Waals surface area contributed by atoms with Gasteiger partial charge in [0.05, 0.1) is 4.92 Å². The van der Waals surface area contributed by atoms with E-state index < -0.39 is 52.0 Å². The molecule has 1 amide bonds. The van der Waals surface area contributed by atoms with Gasteiger partial charge in [0.15, 0.2) is 0 Å². The predicted molar refractivity (Wildman–Crippen MR) is 118 cm³/mol. The largest absolute Gasteiger partial charge is 0.458 e. The minimum absolute atomic E-state index is 0.186. The SMILES string of the molecule is CC(C)(C)OC(=O)COC1(NC(=O)OC(C)(C)C)CC=C(c2ccc(F)cc2)C=C1[N+](=O)[O-]. The van der Waals surface area contributed by atoms with E-state index in [9.17, 15) is 24.1 Å². The van der Waals surface area contributed by atoms with Gasteiger partial charge in [0.2, 0.25) is 5.72 Å². The van der Waals surface area contributed by atoms with Crippen LogP contribution in [0.5, 0.6) is 0 Å². The molecule has 1 aliphatic carbocycles. The lowest BCUT2D eigenvalue weighted by Gasteiger charge is -2.34. The molecular weight excluding hydrogens is 435 g/mol. The van der Waals surface area contributed by atoms with E-state index in [4.69, 9.17) is 14.2 Å². The molecule has 10 heteroatoms. The summed E-state index contributed by atoms with van der Waals surface area (Å²) in [6.45, 7) is 9.26. The molecule has 1 aromatic rings. The van der Waals surface area contributed by atoms with E-state index in [1.807, 2.05) is 0 Å². The summed E-state index contributed by atoms with van der Waals surface area (Å²) in [5.41, 5.74) is -3.21. The minimum Gasteiger partial charge on any atom is -0.458 e. The summed E-state index contributed by atoms with van der Waals surface area (Å²) in [6.07, 6.45) is 1.66. The van der Waals surface area contributed by atoms with Gasteiger partial charge in [-0.3, -0.25) is 15.4 Å². The fraction of sp³-hybridized carbons (Fsp3) is 0.478. The van der Waals surface area contributed by atoms with Crippen molar-refractivity contribution < 1.29 is 33.1 Å². The molecule has 0 saturated carbocycles. The fourth-order valence-corrected chi connectivity index (χ4v) is 3.03. The molecule has 0 aromatic heterocycles. The zero-order valence-electron chi connectivity index (χ0n) is 19.6. The van der Waals surface area contributed by atoms with Crippen molar-refractivity contribution >= 4 is 17.6 Å². The second-order valence-electron chi connectivity index (χ2n) is 9.49. The van der Waals surface area contributed by atoms with Crippen molar-refractivity contribution in [1.29, 1.82) is 0 Å². The summed E-state index contributed by atoms with van der Waals surface area (Å²) < 4.78 is 29.4. The lowest BCUT2D eigenvalue weighted by Crippen LogP contribution is -2.56. The molecule has 0 spiro atoms. The Bertz CT molecular complexity index is 972. The van der Waals surface area contributed by atoms with Gasteiger partial charge >= 0.3 is 12.1 Å². The van der Waals surface area contributed by atoms with Crippen molar-refractivity contribution in [1.82, 2.24) is 5.32 Å². The number of ether oxygens (including phenoxy) is 3. The van der Waals surface area contributed by atoms with Crippen molar-refractivity contribution in [3.8, 4) is 0 Å². The Morgan fingerprint density at radius 3 is 2.18 bits per heavy atom. The molecule has 1 aromatic carbocycles. The first kappa shape index (κ1) is 26.0. The Morgan fingerprint density at radius 1 is 1.09 bits per heavy atom. The maximum absolute atomic E-state index is 13.3. The molecule has 1 unspecified atom stereocenters. The molecule has 0 radical (unpaired) electrons. The van der Waals surface area contributed by atoms with Crippen molar-refractivity contribution in [2.45, 2.75) is 64.9 Å². The minimum atomic E-state index is -1.99. The lowest BCUT2D eigenvalue weighted by atomic mass is 9.92. The molecule has 0 fully saturated rings. The second kappa shape index (κ2) is 9.70. The van der Waals surface area contributed by atoms with Gasteiger partial charge in [-0.15, -0.1) is 0 Å². The first-order valence-corrected chi connectivity index (χ1v) is 10.3. The summed E-state index contributed by atoms with van der Waals surface area (Å²) in [7, 11) is 0. The van der Waals surface area contributed by atoms with Gasteiger partial charge in [0, 0.05) is 12.5 Å². The van der Waals surface area contributed by atoms with E-state index in [1.54, 1.807) is 47.6 Å². The molecule has 1 N–H and O–H groups in total. The fourth-order valence-electron chi connectivity index (χ4n) is 3.03. The maximum Gasteiger partial charge on any atom is 0.410 e. The number of rotatable bonds is 6. The highest BCUT2D eigenvalue weighted by Gasteiger charge is 2.48. The van der Waals surface area contributed by atoms with Crippen molar-refractivity contribution in [2.75, 3.05) is 6.61 Å². The number of nitro groups is 1. The Kier molecular flexibility index (Phi) is 7.64. The van der Waals surface area contributed by atoms with Crippen LogP contribution in [0.3, 0.4) is 0 Å². The molecule has 1 aliphatic rings. The van der Waals surface area contributed by atoms with Crippen molar-refractivity contribution in [3.05, 3.63) is 63.6 Å². The van der Waals surface area contributed by atoms with Gasteiger partial charge in [-0.05, 0) is 64.8 Å². The smallest absolute Gasteiger partial charge is 0.410 e. The topological polar surface area (TPSA) is 117 Å². The average Bonchev–Trinajstić information content (AvgIpc) is 2.64. The monoisotopic (exact) mass is 464 g/mol. The summed E-state index contributed by atoms with van der Waals surface area (Å²) in [4.78, 5) is 36.0. The highest BCUT2D eigenvalue weighted by atomic mass is 19.1. The maximum atomic E-state index is 13.3. The van der Waals surface area contributed by atoms with Crippen LogP contribution in [0.4, 0.5) is 9.18 Å². The van der Waals surface area contributed by atoms with E-state index in [-0.39, 0.29) is 6.42 Å². The van der Waals surface area contributed by atoms with Crippen LogP contribution in [-0.2, 0) is 19.0 Å². The molecule has 0 bridgehead atoms. The Morgan fingerprint density at radius 2 is 1.67 bits per heavy atom. The van der Waals surface area contributed by atoms with Crippen LogP contribution in [0.25, 0.3) is 5.57 Å². The summed E-state index contributed by atoms with van der Waals surface area (Å²) >= 11 is 0. The Hall–Kier alpha value is -3.27.